The van der Waals surface area contributed by atoms with Crippen molar-refractivity contribution in [3.63, 3.8) is 0 Å². The number of hydrogen-bond donors (Lipinski definition) is 0. The molecular weight excluding hydrogens is 346 g/mol. The molecule has 138 valence electrons. The van der Waals surface area contributed by atoms with E-state index in [1.807, 2.05) is 42.5 Å². The van der Waals surface area contributed by atoms with Gasteiger partial charge in [-0.15, -0.1) is 0 Å². The van der Waals surface area contributed by atoms with Gasteiger partial charge in [-0.05, 0) is 18.2 Å². The van der Waals surface area contributed by atoms with Crippen LogP contribution in [0.3, 0.4) is 0 Å². The first-order valence-electron chi connectivity index (χ1n) is 8.37. The molecule has 3 aromatic rings. The summed E-state index contributed by atoms with van der Waals surface area (Å²) in [6.07, 6.45) is 1.30. The Hall–Kier alpha value is -3.41. The van der Waals surface area contributed by atoms with Crippen LogP contribution >= 0.6 is 0 Å². The second-order valence-corrected chi connectivity index (χ2v) is 5.81. The van der Waals surface area contributed by atoms with Gasteiger partial charge in [-0.3, -0.25) is 4.79 Å². The Balaban J connectivity index is 1.99. The lowest BCUT2D eigenvalue weighted by Gasteiger charge is -2.24. The molecule has 3 rings (SSSR count). The van der Waals surface area contributed by atoms with Gasteiger partial charge in [-0.1, -0.05) is 36.4 Å². The van der Waals surface area contributed by atoms with Crippen molar-refractivity contribution in [1.29, 1.82) is 0 Å². The number of amides is 1. The highest BCUT2D eigenvalue weighted by atomic mass is 18.2. The Bertz CT molecular complexity index is 932. The Morgan fingerprint density at radius 2 is 1.78 bits per heavy atom. The monoisotopic (exact) mass is 365 g/mol. The predicted molar refractivity (Wildman–Crippen MR) is 101 cm³/mol. The van der Waals surface area contributed by atoms with Gasteiger partial charge in [0.15, 0.2) is 5.75 Å². The van der Waals surface area contributed by atoms with E-state index in [9.17, 15) is 9.18 Å². The third-order valence-corrected chi connectivity index (χ3v) is 3.98. The minimum absolute atomic E-state index is 0.207. The molecule has 0 N–H and O–H groups in total. The summed E-state index contributed by atoms with van der Waals surface area (Å²) in [5.41, 5.74) is 1.18. The van der Waals surface area contributed by atoms with Gasteiger partial charge in [0.1, 0.15) is 17.2 Å². The third-order valence-electron chi connectivity index (χ3n) is 3.98. The van der Waals surface area contributed by atoms with Gasteiger partial charge in [0.25, 0.3) is 0 Å². The molecule has 0 unspecified atom stereocenters. The number of rotatable bonds is 6. The number of carbonyl (C=O) groups excluding carboxylic acids is 1. The Kier molecular flexibility index (Phi) is 5.66. The Morgan fingerprint density at radius 3 is 2.48 bits per heavy atom. The van der Waals surface area contributed by atoms with Crippen molar-refractivity contribution < 1.29 is 18.7 Å². The molecule has 0 aliphatic rings. The topological polar surface area (TPSA) is 51.7 Å². The smallest absolute Gasteiger partial charge is 0.224 e. The van der Waals surface area contributed by atoms with Crippen molar-refractivity contribution in [2.45, 2.75) is 13.5 Å². The number of anilines is 1. The Labute approximate surface area is 157 Å². The standard InChI is InChI=1S/C21H19FN2O3/c1-15(25)24(14-16-8-6-7-11-19(16)26-2)18-13-23-21(22)12-20(18)27-17-9-4-3-5-10-17/h3-13H,14H2,1-2H3/i22-1. The van der Waals surface area contributed by atoms with E-state index >= 15 is 0 Å². The highest BCUT2D eigenvalue weighted by Gasteiger charge is 2.20. The van der Waals surface area contributed by atoms with Gasteiger partial charge in [-0.2, -0.15) is 4.39 Å². The largest absolute Gasteiger partial charge is 0.496 e. The molecule has 2 aromatic carbocycles. The molecule has 6 heteroatoms. The first-order chi connectivity index (χ1) is 13.1. The van der Waals surface area contributed by atoms with Crippen LogP contribution in [0.25, 0.3) is 0 Å². The van der Waals surface area contributed by atoms with Crippen molar-refractivity contribution >= 4 is 11.6 Å². The zero-order valence-electron chi connectivity index (χ0n) is 15.1. The summed E-state index contributed by atoms with van der Waals surface area (Å²) in [6, 6.07) is 17.5. The van der Waals surface area contributed by atoms with Crippen LogP contribution in [0.4, 0.5) is 10.1 Å². The highest BCUT2D eigenvalue weighted by Crippen LogP contribution is 2.34. The molecule has 0 spiro atoms. The van der Waals surface area contributed by atoms with Crippen molar-refractivity contribution in [3.8, 4) is 17.2 Å². The fourth-order valence-electron chi connectivity index (χ4n) is 2.68. The van der Waals surface area contributed by atoms with Crippen LogP contribution in [0, 0.1) is 5.95 Å². The molecule has 1 heterocycles. The van der Waals surface area contributed by atoms with Crippen LogP contribution in [-0.2, 0) is 11.3 Å². The minimum atomic E-state index is -0.689. The lowest BCUT2D eigenvalue weighted by molar-refractivity contribution is -0.116. The van der Waals surface area contributed by atoms with Crippen LogP contribution < -0.4 is 14.4 Å². The number of pyridine rings is 1. The van der Waals surface area contributed by atoms with Crippen LogP contribution in [0.2, 0.25) is 0 Å². The van der Waals surface area contributed by atoms with Gasteiger partial charge < -0.3 is 14.4 Å². The number of halogens is 1. The maximum Gasteiger partial charge on any atom is 0.224 e. The zero-order chi connectivity index (χ0) is 19.2. The molecule has 0 fully saturated rings. The van der Waals surface area contributed by atoms with E-state index in [4.69, 9.17) is 9.47 Å². The molecule has 0 saturated carbocycles. The van der Waals surface area contributed by atoms with Gasteiger partial charge in [0, 0.05) is 18.6 Å². The van der Waals surface area contributed by atoms with Gasteiger partial charge >= 0.3 is 0 Å². The zero-order valence-corrected chi connectivity index (χ0v) is 15.1. The molecule has 0 bridgehead atoms. The number of para-hydroxylation sites is 2. The molecule has 5 nitrogen and oxygen atoms in total. The van der Waals surface area contributed by atoms with Crippen LogP contribution in [0.15, 0.2) is 66.9 Å². The van der Waals surface area contributed by atoms with Gasteiger partial charge in [0.05, 0.1) is 19.9 Å². The summed E-state index contributed by atoms with van der Waals surface area (Å²) in [5, 5.41) is 0. The fourth-order valence-corrected chi connectivity index (χ4v) is 2.68. The second kappa shape index (κ2) is 8.31. The molecule has 0 radical (unpaired) electrons. The molecule has 0 atom stereocenters. The summed E-state index contributed by atoms with van der Waals surface area (Å²) in [4.78, 5) is 17.5. The normalized spacial score (nSPS) is 10.3. The molecule has 1 amide bonds. The van der Waals surface area contributed by atoms with E-state index in [1.165, 1.54) is 24.1 Å². The molecule has 0 saturated heterocycles. The molecule has 27 heavy (non-hydrogen) atoms. The highest BCUT2D eigenvalue weighted by molar-refractivity contribution is 5.93. The van der Waals surface area contributed by atoms with E-state index in [0.717, 1.165) is 5.56 Å². The van der Waals surface area contributed by atoms with E-state index < -0.39 is 5.95 Å². The minimum Gasteiger partial charge on any atom is -0.496 e. The second-order valence-electron chi connectivity index (χ2n) is 5.81. The number of methoxy groups -OCH3 is 1. The summed E-state index contributed by atoms with van der Waals surface area (Å²) < 4.78 is 24.9. The third kappa shape index (κ3) is 4.41. The summed E-state index contributed by atoms with van der Waals surface area (Å²) >= 11 is 0. The quantitative estimate of drug-likeness (QED) is 0.600. The maximum atomic E-state index is 13.7. The summed E-state index contributed by atoms with van der Waals surface area (Å²) in [7, 11) is 1.57. The number of ether oxygens (including phenoxy) is 2. The molecule has 0 aliphatic heterocycles. The molecule has 1 aromatic heterocycles. The number of carbonyl (C=O) groups is 1. The maximum absolute atomic E-state index is 13.7. The van der Waals surface area contributed by atoms with Crippen molar-refractivity contribution in [1.82, 2.24) is 4.98 Å². The van der Waals surface area contributed by atoms with Gasteiger partial charge in [0.2, 0.25) is 11.9 Å². The van der Waals surface area contributed by atoms with E-state index in [0.29, 0.717) is 17.2 Å². The lowest BCUT2D eigenvalue weighted by Crippen LogP contribution is -2.28. The number of hydrogen-bond acceptors (Lipinski definition) is 4. The lowest BCUT2D eigenvalue weighted by atomic mass is 10.1. The van der Waals surface area contributed by atoms with Crippen LogP contribution in [0.5, 0.6) is 17.2 Å². The van der Waals surface area contributed by atoms with Crippen LogP contribution in [0.1, 0.15) is 12.5 Å². The van der Waals surface area contributed by atoms with E-state index in [2.05, 4.69) is 4.98 Å². The Morgan fingerprint density at radius 1 is 1.07 bits per heavy atom. The summed E-state index contributed by atoms with van der Waals surface area (Å²) in [5.74, 6) is 0.478. The van der Waals surface area contributed by atoms with E-state index in [1.54, 1.807) is 19.2 Å². The number of aromatic nitrogens is 1. The van der Waals surface area contributed by atoms with E-state index in [-0.39, 0.29) is 18.2 Å². The average Bonchev–Trinajstić information content (AvgIpc) is 2.67. The molecular formula is C21H19FN2O3. The average molecular weight is 365 g/mol. The van der Waals surface area contributed by atoms with Crippen molar-refractivity contribution in [2.75, 3.05) is 12.0 Å². The van der Waals surface area contributed by atoms with Crippen molar-refractivity contribution in [3.05, 3.63) is 78.4 Å². The first-order valence-corrected chi connectivity index (χ1v) is 8.37. The number of nitrogens with zero attached hydrogens (tertiary/aromatic N) is 2. The van der Waals surface area contributed by atoms with Crippen molar-refractivity contribution in [2.24, 2.45) is 0 Å². The number of benzene rings is 2. The summed E-state index contributed by atoms with van der Waals surface area (Å²) in [6.45, 7) is 1.67. The molecule has 0 aliphatic carbocycles. The fraction of sp³-hybridized carbons (Fsp3) is 0.143. The van der Waals surface area contributed by atoms with Gasteiger partial charge in [-0.25, -0.2) is 4.98 Å². The van der Waals surface area contributed by atoms with Crippen LogP contribution in [-0.4, -0.2) is 18.0 Å². The predicted octanol–water partition coefficient (Wildman–Crippen LogP) is 4.57. The first kappa shape index (κ1) is 18.4. The SMILES string of the molecule is COc1ccccc1CN(C(C)=O)c1cnc([18F])cc1Oc1ccccc1.